The lowest BCUT2D eigenvalue weighted by atomic mass is 10.0. The molecule has 0 radical (unpaired) electrons. The van der Waals surface area contributed by atoms with E-state index in [9.17, 15) is 9.46 Å². The first kappa shape index (κ1) is 76.3. The van der Waals surface area contributed by atoms with Gasteiger partial charge in [-0.15, -0.1) is 0 Å². The molecule has 80 heavy (non-hydrogen) atoms. The molecule has 1 heterocycles. The predicted molar refractivity (Wildman–Crippen MR) is 356 cm³/mol. The number of rotatable bonds is 36. The molecule has 8 nitrogen and oxygen atoms in total. The lowest BCUT2D eigenvalue weighted by molar-refractivity contribution is -0.124. The Morgan fingerprint density at radius 1 is 0.438 bits per heavy atom. The molecule has 12 heteroatoms. The average molecular weight is 1190 g/mol. The van der Waals surface area contributed by atoms with Gasteiger partial charge in [-0.3, -0.25) is 9.05 Å². The van der Waals surface area contributed by atoms with Crippen LogP contribution in [0, 0.1) is 0 Å². The van der Waals surface area contributed by atoms with E-state index >= 15 is 0 Å². The Hall–Kier alpha value is -1.74. The van der Waals surface area contributed by atoms with E-state index in [1.807, 2.05) is 13.0 Å². The van der Waals surface area contributed by atoms with Gasteiger partial charge >= 0.3 is 7.82 Å². The Kier molecular flexibility index (Phi) is 34.0. The summed E-state index contributed by atoms with van der Waals surface area (Å²) in [5.74, 6) is 0. The van der Waals surface area contributed by atoms with Crippen LogP contribution in [0.3, 0.4) is 0 Å². The van der Waals surface area contributed by atoms with E-state index < -0.39 is 57.4 Å². The summed E-state index contributed by atoms with van der Waals surface area (Å²) in [6.45, 7) is 55.5. The van der Waals surface area contributed by atoms with E-state index in [2.05, 4.69) is 213 Å². The Bertz CT molecular complexity index is 2200. The maximum atomic E-state index is 13.8. The maximum absolute atomic E-state index is 13.8. The molecule has 0 spiro atoms. The van der Waals surface area contributed by atoms with Gasteiger partial charge in [0.25, 0.3) is 0 Å². The van der Waals surface area contributed by atoms with E-state index in [-0.39, 0.29) is 28.3 Å². The molecular formula is C68H125O8PSi3. The van der Waals surface area contributed by atoms with Gasteiger partial charge in [0, 0.05) is 0 Å². The lowest BCUT2D eigenvalue weighted by Gasteiger charge is -2.44. The average Bonchev–Trinajstić information content (AvgIpc) is 3.59. The maximum Gasteiger partial charge on any atom is 0.474 e. The summed E-state index contributed by atoms with van der Waals surface area (Å²) in [7, 11) is -11.6. The minimum absolute atomic E-state index is 0.0175. The van der Waals surface area contributed by atoms with E-state index in [1.54, 1.807) is 0 Å². The highest BCUT2D eigenvalue weighted by molar-refractivity contribution is 7.47. The Morgan fingerprint density at radius 3 is 1.00 bits per heavy atom. The molecule has 0 aromatic heterocycles. The highest BCUT2D eigenvalue weighted by Gasteiger charge is 2.56. The summed E-state index contributed by atoms with van der Waals surface area (Å²) in [5.41, 5.74) is 12.8. The van der Waals surface area contributed by atoms with Gasteiger partial charge in [0.05, 0.1) is 13.2 Å². The second-order valence-corrected chi connectivity index (χ2v) is 44.4. The van der Waals surface area contributed by atoms with Crippen LogP contribution < -0.4 is 0 Å². The first-order valence-electron chi connectivity index (χ1n) is 30.9. The Balaban J connectivity index is 2.68. The van der Waals surface area contributed by atoms with Crippen LogP contribution >= 0.6 is 7.82 Å². The highest BCUT2D eigenvalue weighted by Crippen LogP contribution is 2.50. The summed E-state index contributed by atoms with van der Waals surface area (Å²) < 4.78 is 52.9. The van der Waals surface area contributed by atoms with Crippen molar-refractivity contribution in [1.29, 1.82) is 0 Å². The molecule has 1 N–H and O–H groups in total. The zero-order valence-electron chi connectivity index (χ0n) is 56.5. The molecule has 5 atom stereocenters. The SMILES string of the molecule is CC(C)=CCC/C(C)=C/CC/C(C)=C/CC/C(C)=C/CC/C(C)=C/CC/C(C)=C/CC/C(C)=C/CC/C(C)=C/CC/C(C)=C/COP(=O)(O)OC1O[C@H](CO[Si](C)(C)C(C)(C)C)[C@@H](O[Si](C)(C)C(C)(C)C)[C@@H]1O[Si](C)(C)C(C)(C)C. The third kappa shape index (κ3) is 31.4. The molecular weight excluding hydrogens is 1060 g/mol. The summed E-state index contributed by atoms with van der Waals surface area (Å²) in [6.07, 6.45) is 35.5. The van der Waals surface area contributed by atoms with Crippen LogP contribution in [-0.4, -0.2) is 67.7 Å². The zero-order chi connectivity index (χ0) is 61.3. The standard InChI is InChI=1S/C68H125O8PSi3/c1-53(2)34-26-35-54(3)36-27-37-55(4)38-28-39-56(5)40-29-41-57(6)42-30-43-58(7)44-31-45-59(8)46-32-47-60(9)48-33-49-61(10)50-51-71-77(69,70)74-65-64(76-80(24,25)68(17,18)19)63(75-79(22,23)67(14,15)16)62(73-65)52-72-78(20,21)66(11,12)13/h34,36,38,40,42,44,46,48,50,62-65H,26-33,35,37,39,41,43,45,47,49,51-52H2,1-25H3,(H,69,70)/b54-36+,55-38+,56-40+,57-42+,58-44+,59-46+,60-48+,61-50+/t62-,63-,64+,65?/m1/s1. The quantitative estimate of drug-likeness (QED) is 0.0377. The summed E-state index contributed by atoms with van der Waals surface area (Å²) in [5, 5.41) is -0.260. The third-order valence-electron chi connectivity index (χ3n) is 17.4. The molecule has 1 saturated heterocycles. The first-order chi connectivity index (χ1) is 36.7. The van der Waals surface area contributed by atoms with Crippen LogP contribution in [0.1, 0.15) is 234 Å². The van der Waals surface area contributed by atoms with Crippen molar-refractivity contribution in [2.24, 2.45) is 0 Å². The fourth-order valence-corrected chi connectivity index (χ4v) is 12.8. The van der Waals surface area contributed by atoms with Gasteiger partial charge < -0.3 is 22.9 Å². The fourth-order valence-electron chi connectivity index (χ4n) is 8.38. The molecule has 0 aliphatic carbocycles. The lowest BCUT2D eigenvalue weighted by Crippen LogP contribution is -2.55. The normalized spacial score (nSPS) is 20.5. The van der Waals surface area contributed by atoms with Gasteiger partial charge in [0.15, 0.2) is 31.2 Å². The summed E-state index contributed by atoms with van der Waals surface area (Å²) in [6, 6.07) is 0. The minimum atomic E-state index is -4.59. The number of phosphoric acid groups is 1. The second kappa shape index (κ2) is 35.7. The molecule has 1 aliphatic rings. The van der Waals surface area contributed by atoms with E-state index in [1.165, 1.54) is 57.4 Å². The van der Waals surface area contributed by atoms with Gasteiger partial charge in [-0.05, 0) is 226 Å². The van der Waals surface area contributed by atoms with E-state index in [0.717, 1.165) is 95.5 Å². The molecule has 462 valence electrons. The van der Waals surface area contributed by atoms with Gasteiger partial charge in [-0.2, -0.15) is 0 Å². The molecule has 0 saturated carbocycles. The molecule has 2 unspecified atom stereocenters. The molecule has 1 rings (SSSR count). The van der Waals surface area contributed by atoms with Crippen LogP contribution in [0.4, 0.5) is 0 Å². The van der Waals surface area contributed by atoms with E-state index in [0.29, 0.717) is 0 Å². The van der Waals surface area contributed by atoms with Crippen molar-refractivity contribution >= 4 is 32.8 Å². The van der Waals surface area contributed by atoms with Crippen LogP contribution in [-0.2, 0) is 31.6 Å². The monoisotopic (exact) mass is 1180 g/mol. The minimum Gasteiger partial charge on any atom is -0.414 e. The van der Waals surface area contributed by atoms with Gasteiger partial charge in [0.2, 0.25) is 0 Å². The van der Waals surface area contributed by atoms with Crippen molar-refractivity contribution in [2.75, 3.05) is 13.2 Å². The number of phosphoric ester groups is 1. The van der Waals surface area contributed by atoms with Crippen LogP contribution in [0.15, 0.2) is 105 Å². The molecule has 1 aliphatic heterocycles. The van der Waals surface area contributed by atoms with Crippen molar-refractivity contribution in [3.8, 4) is 0 Å². The molecule has 0 amide bonds. The van der Waals surface area contributed by atoms with Crippen molar-refractivity contribution in [3.63, 3.8) is 0 Å². The molecule has 0 aromatic rings. The number of hydrogen-bond donors (Lipinski definition) is 1. The van der Waals surface area contributed by atoms with Gasteiger partial charge in [0.1, 0.15) is 18.3 Å². The summed E-state index contributed by atoms with van der Waals surface area (Å²) in [4.78, 5) is 11.2. The van der Waals surface area contributed by atoms with E-state index in [4.69, 9.17) is 27.1 Å². The van der Waals surface area contributed by atoms with Gasteiger partial charge in [-0.1, -0.05) is 167 Å². The van der Waals surface area contributed by atoms with Gasteiger partial charge in [-0.25, -0.2) is 4.57 Å². The Labute approximate surface area is 498 Å². The predicted octanol–water partition coefficient (Wildman–Crippen LogP) is 22.4. The number of ether oxygens (including phenoxy) is 1. The number of hydrogen-bond acceptors (Lipinski definition) is 7. The van der Waals surface area contributed by atoms with Crippen molar-refractivity contribution < 1.29 is 36.5 Å². The molecule has 0 bridgehead atoms. The zero-order valence-corrected chi connectivity index (χ0v) is 60.4. The fraction of sp³-hybridized carbons (Fsp3) is 0.735. The largest absolute Gasteiger partial charge is 0.474 e. The van der Waals surface area contributed by atoms with Crippen molar-refractivity contribution in [1.82, 2.24) is 0 Å². The highest BCUT2D eigenvalue weighted by atomic mass is 31.2. The molecule has 1 fully saturated rings. The van der Waals surface area contributed by atoms with Crippen LogP contribution in [0.5, 0.6) is 0 Å². The molecule has 0 aromatic carbocycles. The van der Waals surface area contributed by atoms with Crippen LogP contribution in [0.25, 0.3) is 0 Å². The third-order valence-corrected chi connectivity index (χ3v) is 31.8. The second-order valence-electron chi connectivity index (χ2n) is 28.7. The van der Waals surface area contributed by atoms with Crippen LogP contribution in [0.2, 0.25) is 54.4 Å². The summed E-state index contributed by atoms with van der Waals surface area (Å²) >= 11 is 0. The Morgan fingerprint density at radius 2 is 0.713 bits per heavy atom. The van der Waals surface area contributed by atoms with Crippen molar-refractivity contribution in [2.45, 2.75) is 313 Å². The topological polar surface area (TPSA) is 92.7 Å². The number of allylic oxidation sites excluding steroid dienone is 17. The smallest absolute Gasteiger partial charge is 0.414 e. The first-order valence-corrected chi connectivity index (χ1v) is 41.1. The van der Waals surface area contributed by atoms with Crippen molar-refractivity contribution in [3.05, 3.63) is 105 Å².